The van der Waals surface area contributed by atoms with E-state index in [1.807, 2.05) is 41.0 Å². The summed E-state index contributed by atoms with van der Waals surface area (Å²) >= 11 is -0.162. The standard InChI is InChI=1S/C24H18N4O2SSe/c29-31(30,19-10-2-1-3-11-19)27-20-12-5-7-14-22(20)32-23-17-18-9-4-6-13-21(18)28(23)24-25-15-8-16-26-24/h1-17,22H. The molecular formula is C24H18N4O2SSe. The van der Waals surface area contributed by atoms with Crippen LogP contribution in [0.25, 0.3) is 16.9 Å². The SMILES string of the molecule is O=S(=O)(N=C1C=CC=CC1[Se]c1cc2ccccc2n1-c1ncccn1)c1ccccc1. The van der Waals surface area contributed by atoms with Gasteiger partial charge in [0, 0.05) is 0 Å². The Hall–Kier alpha value is -3.32. The fourth-order valence-electron chi connectivity index (χ4n) is 3.44. The molecule has 1 atom stereocenters. The summed E-state index contributed by atoms with van der Waals surface area (Å²) in [6.07, 6.45) is 11.0. The van der Waals surface area contributed by atoms with Gasteiger partial charge in [-0.05, 0) is 0 Å². The van der Waals surface area contributed by atoms with Crippen molar-refractivity contribution in [2.45, 2.75) is 9.71 Å². The minimum absolute atomic E-state index is 0.141. The summed E-state index contributed by atoms with van der Waals surface area (Å²) in [5.74, 6) is 0.594. The molecular weight excluding hydrogens is 487 g/mol. The van der Waals surface area contributed by atoms with E-state index < -0.39 is 10.0 Å². The Bertz CT molecular complexity index is 1460. The van der Waals surface area contributed by atoms with Gasteiger partial charge in [0.15, 0.2) is 0 Å². The number of fused-ring (bicyclic) bond motifs is 1. The number of benzene rings is 2. The zero-order valence-electron chi connectivity index (χ0n) is 16.8. The van der Waals surface area contributed by atoms with Crippen molar-refractivity contribution in [1.29, 1.82) is 0 Å². The Labute approximate surface area is 192 Å². The molecule has 0 amide bonds. The molecule has 0 saturated heterocycles. The first-order chi connectivity index (χ1) is 15.6. The van der Waals surface area contributed by atoms with Crippen LogP contribution in [0.3, 0.4) is 0 Å². The third kappa shape index (κ3) is 4.08. The van der Waals surface area contributed by atoms with E-state index in [0.29, 0.717) is 11.7 Å². The Balaban J connectivity index is 1.56. The number of sulfonamides is 1. The molecule has 1 unspecified atom stereocenters. The minimum atomic E-state index is -3.79. The fraction of sp³-hybridized carbons (Fsp3) is 0.0417. The number of rotatable bonds is 5. The van der Waals surface area contributed by atoms with Gasteiger partial charge >= 0.3 is 193 Å². The Morgan fingerprint density at radius 2 is 1.66 bits per heavy atom. The fourth-order valence-corrected chi connectivity index (χ4v) is 7.08. The third-order valence-electron chi connectivity index (χ3n) is 4.90. The van der Waals surface area contributed by atoms with Gasteiger partial charge in [-0.1, -0.05) is 0 Å². The Morgan fingerprint density at radius 1 is 0.906 bits per heavy atom. The predicted molar refractivity (Wildman–Crippen MR) is 127 cm³/mol. The normalized spacial score (nSPS) is 17.2. The van der Waals surface area contributed by atoms with Gasteiger partial charge in [0.05, 0.1) is 0 Å². The van der Waals surface area contributed by atoms with Crippen LogP contribution in [0.4, 0.5) is 0 Å². The van der Waals surface area contributed by atoms with Crippen molar-refractivity contribution in [2.75, 3.05) is 0 Å². The summed E-state index contributed by atoms with van der Waals surface area (Å²) in [6.45, 7) is 0. The molecule has 0 spiro atoms. The Kier molecular flexibility index (Phi) is 5.57. The molecule has 6 nitrogen and oxygen atoms in total. The molecule has 2 aromatic carbocycles. The average Bonchev–Trinajstić information content (AvgIpc) is 3.19. The van der Waals surface area contributed by atoms with Crippen LogP contribution in [-0.4, -0.2) is 43.6 Å². The number of nitrogens with zero attached hydrogens (tertiary/aromatic N) is 4. The first kappa shape index (κ1) is 20.6. The monoisotopic (exact) mass is 506 g/mol. The molecule has 2 aromatic heterocycles. The zero-order chi connectivity index (χ0) is 22.0. The van der Waals surface area contributed by atoms with Crippen molar-refractivity contribution in [2.24, 2.45) is 4.40 Å². The van der Waals surface area contributed by atoms with Gasteiger partial charge in [0.25, 0.3) is 0 Å². The molecule has 1 aliphatic carbocycles. The molecule has 32 heavy (non-hydrogen) atoms. The summed E-state index contributed by atoms with van der Waals surface area (Å²) in [7, 11) is -3.79. The van der Waals surface area contributed by atoms with E-state index in [-0.39, 0.29) is 24.7 Å². The van der Waals surface area contributed by atoms with Crippen molar-refractivity contribution in [3.05, 3.63) is 103 Å². The summed E-state index contributed by atoms with van der Waals surface area (Å²) < 4.78 is 33.0. The maximum atomic E-state index is 12.9. The number of hydrogen-bond acceptors (Lipinski definition) is 4. The van der Waals surface area contributed by atoms with E-state index in [1.54, 1.807) is 54.9 Å². The predicted octanol–water partition coefficient (Wildman–Crippen LogP) is 3.49. The van der Waals surface area contributed by atoms with Crippen molar-refractivity contribution in [3.8, 4) is 5.95 Å². The average molecular weight is 505 g/mol. The van der Waals surface area contributed by atoms with Crippen LogP contribution in [0.5, 0.6) is 0 Å². The summed E-state index contributed by atoms with van der Waals surface area (Å²) in [4.78, 5) is 8.94. The third-order valence-corrected chi connectivity index (χ3v) is 8.72. The summed E-state index contributed by atoms with van der Waals surface area (Å²) in [6, 6.07) is 20.3. The number of para-hydroxylation sites is 1. The first-order valence-corrected chi connectivity index (χ1v) is 13.2. The van der Waals surface area contributed by atoms with E-state index in [9.17, 15) is 8.42 Å². The van der Waals surface area contributed by atoms with Gasteiger partial charge in [-0.2, -0.15) is 0 Å². The second-order valence-corrected chi connectivity index (χ2v) is 11.1. The quantitative estimate of drug-likeness (QED) is 0.389. The van der Waals surface area contributed by atoms with Crippen LogP contribution in [0, 0.1) is 0 Å². The van der Waals surface area contributed by atoms with Crippen LogP contribution in [0.2, 0.25) is 4.82 Å². The van der Waals surface area contributed by atoms with Crippen molar-refractivity contribution < 1.29 is 8.42 Å². The molecule has 2 heterocycles. The number of allylic oxidation sites excluding steroid dienone is 4. The number of aromatic nitrogens is 3. The molecule has 0 radical (unpaired) electrons. The molecule has 0 saturated carbocycles. The van der Waals surface area contributed by atoms with E-state index in [2.05, 4.69) is 26.5 Å². The first-order valence-electron chi connectivity index (χ1n) is 9.91. The molecule has 158 valence electrons. The van der Waals surface area contributed by atoms with Gasteiger partial charge in [-0.25, -0.2) is 0 Å². The van der Waals surface area contributed by atoms with E-state index >= 15 is 0 Å². The second kappa shape index (κ2) is 8.67. The van der Waals surface area contributed by atoms with Crippen LogP contribution in [-0.2, 0) is 10.0 Å². The molecule has 0 bridgehead atoms. The van der Waals surface area contributed by atoms with Crippen LogP contribution < -0.4 is 4.59 Å². The summed E-state index contributed by atoms with van der Waals surface area (Å²) in [5.41, 5.74) is 1.54. The Morgan fingerprint density at radius 3 is 2.47 bits per heavy atom. The maximum absolute atomic E-state index is 12.9. The van der Waals surface area contributed by atoms with Gasteiger partial charge < -0.3 is 0 Å². The van der Waals surface area contributed by atoms with Crippen LogP contribution in [0.15, 0.2) is 113 Å². The zero-order valence-corrected chi connectivity index (χ0v) is 19.3. The van der Waals surface area contributed by atoms with Crippen LogP contribution >= 0.6 is 0 Å². The molecule has 0 fully saturated rings. The molecule has 5 rings (SSSR count). The van der Waals surface area contributed by atoms with E-state index in [1.165, 1.54) is 0 Å². The summed E-state index contributed by atoms with van der Waals surface area (Å²) in [5, 5.41) is 1.09. The van der Waals surface area contributed by atoms with Gasteiger partial charge in [-0.3, -0.25) is 0 Å². The van der Waals surface area contributed by atoms with Gasteiger partial charge in [-0.15, -0.1) is 0 Å². The molecule has 0 aliphatic heterocycles. The van der Waals surface area contributed by atoms with E-state index in [4.69, 9.17) is 0 Å². The second-order valence-electron chi connectivity index (χ2n) is 7.01. The molecule has 0 N–H and O–H groups in total. The molecule has 1 aliphatic rings. The van der Waals surface area contributed by atoms with Crippen molar-refractivity contribution in [1.82, 2.24) is 14.5 Å². The van der Waals surface area contributed by atoms with Gasteiger partial charge in [0.1, 0.15) is 0 Å². The molecule has 4 aromatic rings. The van der Waals surface area contributed by atoms with Gasteiger partial charge in [0.2, 0.25) is 0 Å². The van der Waals surface area contributed by atoms with Crippen molar-refractivity contribution >= 4 is 46.2 Å². The van der Waals surface area contributed by atoms with Crippen LogP contribution in [0.1, 0.15) is 0 Å². The molecule has 8 heteroatoms. The topological polar surface area (TPSA) is 77.2 Å². The van der Waals surface area contributed by atoms with Crippen molar-refractivity contribution in [3.63, 3.8) is 0 Å². The van der Waals surface area contributed by atoms with E-state index in [0.717, 1.165) is 15.5 Å². The number of hydrogen-bond donors (Lipinski definition) is 0.